The van der Waals surface area contributed by atoms with Gasteiger partial charge in [0.05, 0.1) is 23.0 Å². The molecule has 1 amide bonds. The molecule has 1 saturated carbocycles. The summed E-state index contributed by atoms with van der Waals surface area (Å²) in [6, 6.07) is 9.23. The molecule has 1 aromatic carbocycles. The van der Waals surface area contributed by atoms with E-state index in [2.05, 4.69) is 20.7 Å². The molecule has 4 aromatic rings. The molecular formula is C21H20N6O3. The standard InChI is InChI=1S/C21H20N6O3/c1-22-15-9-18(26-11-14(21(29)30)13-7-2-3-8-16(13)26)25-27-17(10-23-19(15)27)20(28)24-12-5-4-6-12/h2-3,7-12,22H,4-6H2,1H3,(H,24,28)(H,29,30). The second-order valence-electron chi connectivity index (χ2n) is 7.38. The van der Waals surface area contributed by atoms with Crippen LogP contribution < -0.4 is 10.6 Å². The number of anilines is 1. The van der Waals surface area contributed by atoms with E-state index in [9.17, 15) is 14.7 Å². The van der Waals surface area contributed by atoms with Gasteiger partial charge in [0.15, 0.2) is 17.2 Å². The Kier molecular flexibility index (Phi) is 4.16. The average Bonchev–Trinajstić information content (AvgIpc) is 3.31. The molecule has 1 aliphatic rings. The summed E-state index contributed by atoms with van der Waals surface area (Å²) in [6.45, 7) is 0. The number of nitrogens with one attached hydrogen (secondary N) is 2. The maximum Gasteiger partial charge on any atom is 0.337 e. The smallest absolute Gasteiger partial charge is 0.337 e. The largest absolute Gasteiger partial charge is 0.478 e. The highest BCUT2D eigenvalue weighted by Crippen LogP contribution is 2.27. The maximum atomic E-state index is 12.8. The van der Waals surface area contributed by atoms with Crippen LogP contribution in [0, 0.1) is 0 Å². The number of benzene rings is 1. The molecule has 3 N–H and O–H groups in total. The van der Waals surface area contributed by atoms with E-state index in [-0.39, 0.29) is 17.5 Å². The van der Waals surface area contributed by atoms with Gasteiger partial charge in [-0.1, -0.05) is 18.2 Å². The monoisotopic (exact) mass is 404 g/mol. The van der Waals surface area contributed by atoms with Gasteiger partial charge in [-0.2, -0.15) is 0 Å². The molecule has 1 aliphatic carbocycles. The van der Waals surface area contributed by atoms with Gasteiger partial charge in [-0.25, -0.2) is 14.3 Å². The quantitative estimate of drug-likeness (QED) is 0.471. The maximum absolute atomic E-state index is 12.8. The number of aromatic carboxylic acids is 1. The summed E-state index contributed by atoms with van der Waals surface area (Å²) in [4.78, 5) is 28.8. The summed E-state index contributed by atoms with van der Waals surface area (Å²) in [5.41, 5.74) is 2.44. The lowest BCUT2D eigenvalue weighted by Gasteiger charge is -2.26. The first kappa shape index (κ1) is 18.2. The Morgan fingerprint density at radius 2 is 2.03 bits per heavy atom. The van der Waals surface area contributed by atoms with E-state index in [0.29, 0.717) is 33.7 Å². The number of amides is 1. The fourth-order valence-electron chi connectivity index (χ4n) is 3.76. The van der Waals surface area contributed by atoms with E-state index in [0.717, 1.165) is 19.3 Å². The molecule has 0 spiro atoms. The second kappa shape index (κ2) is 6.87. The Labute approximate surface area is 171 Å². The molecular weight excluding hydrogens is 384 g/mol. The van der Waals surface area contributed by atoms with Crippen molar-refractivity contribution >= 4 is 34.1 Å². The molecule has 3 heterocycles. The van der Waals surface area contributed by atoms with Crippen LogP contribution in [0.4, 0.5) is 5.69 Å². The molecule has 0 atom stereocenters. The van der Waals surface area contributed by atoms with Crippen LogP contribution in [0.25, 0.3) is 22.4 Å². The fraction of sp³-hybridized carbons (Fsp3) is 0.238. The van der Waals surface area contributed by atoms with Crippen LogP contribution >= 0.6 is 0 Å². The Morgan fingerprint density at radius 3 is 2.73 bits per heavy atom. The minimum Gasteiger partial charge on any atom is -0.478 e. The number of para-hydroxylation sites is 1. The number of carbonyl (C=O) groups excluding carboxylic acids is 1. The molecule has 0 bridgehead atoms. The van der Waals surface area contributed by atoms with Crippen molar-refractivity contribution in [2.75, 3.05) is 12.4 Å². The lowest BCUT2D eigenvalue weighted by molar-refractivity contribution is 0.0698. The third kappa shape index (κ3) is 2.78. The van der Waals surface area contributed by atoms with Crippen molar-refractivity contribution in [3.05, 3.63) is 54.0 Å². The lowest BCUT2D eigenvalue weighted by atomic mass is 9.93. The minimum absolute atomic E-state index is 0.187. The molecule has 30 heavy (non-hydrogen) atoms. The summed E-state index contributed by atoms with van der Waals surface area (Å²) >= 11 is 0. The van der Waals surface area contributed by atoms with Gasteiger partial charge in [-0.05, 0) is 25.3 Å². The van der Waals surface area contributed by atoms with E-state index in [1.165, 1.54) is 10.7 Å². The molecule has 0 saturated heterocycles. The van der Waals surface area contributed by atoms with Crippen molar-refractivity contribution in [1.29, 1.82) is 0 Å². The summed E-state index contributed by atoms with van der Waals surface area (Å²) in [7, 11) is 1.76. The number of hydrogen-bond donors (Lipinski definition) is 3. The topological polar surface area (TPSA) is 114 Å². The SMILES string of the molecule is CNc1cc(-n2cc(C(=O)O)c3ccccc32)nn2c(C(=O)NC3CCC3)cnc12. The third-order valence-corrected chi connectivity index (χ3v) is 5.59. The first-order valence-corrected chi connectivity index (χ1v) is 9.78. The van der Waals surface area contributed by atoms with Gasteiger partial charge in [0, 0.05) is 30.7 Å². The number of imidazole rings is 1. The average molecular weight is 404 g/mol. The fourth-order valence-corrected chi connectivity index (χ4v) is 3.76. The van der Waals surface area contributed by atoms with Crippen molar-refractivity contribution in [2.24, 2.45) is 0 Å². The third-order valence-electron chi connectivity index (χ3n) is 5.59. The molecule has 0 unspecified atom stereocenters. The molecule has 5 rings (SSSR count). The van der Waals surface area contributed by atoms with Gasteiger partial charge in [-0.15, -0.1) is 5.10 Å². The molecule has 9 nitrogen and oxygen atoms in total. The van der Waals surface area contributed by atoms with Crippen LogP contribution in [-0.4, -0.2) is 49.2 Å². The molecule has 0 aliphatic heterocycles. The van der Waals surface area contributed by atoms with Gasteiger partial charge >= 0.3 is 5.97 Å². The number of carboxylic acids is 1. The number of rotatable bonds is 5. The van der Waals surface area contributed by atoms with Crippen LogP contribution in [0.5, 0.6) is 0 Å². The van der Waals surface area contributed by atoms with Crippen molar-refractivity contribution in [3.63, 3.8) is 0 Å². The Bertz CT molecular complexity index is 1300. The summed E-state index contributed by atoms with van der Waals surface area (Å²) in [5, 5.41) is 20.9. The van der Waals surface area contributed by atoms with Gasteiger partial charge in [0.1, 0.15) is 0 Å². The Hall–Kier alpha value is -3.88. The molecule has 152 valence electrons. The van der Waals surface area contributed by atoms with E-state index in [4.69, 9.17) is 0 Å². The zero-order chi connectivity index (χ0) is 20.8. The predicted molar refractivity (Wildman–Crippen MR) is 111 cm³/mol. The summed E-state index contributed by atoms with van der Waals surface area (Å²) < 4.78 is 3.22. The van der Waals surface area contributed by atoms with Crippen molar-refractivity contribution in [3.8, 4) is 5.82 Å². The van der Waals surface area contributed by atoms with Gasteiger partial charge in [-0.3, -0.25) is 9.36 Å². The lowest BCUT2D eigenvalue weighted by Crippen LogP contribution is -2.40. The summed E-state index contributed by atoms with van der Waals surface area (Å²) in [6.07, 6.45) is 6.15. The number of carboxylic acid groups (broad SMARTS) is 1. The number of carbonyl (C=O) groups is 2. The highest BCUT2D eigenvalue weighted by atomic mass is 16.4. The minimum atomic E-state index is -1.01. The van der Waals surface area contributed by atoms with Crippen molar-refractivity contribution in [1.82, 2.24) is 24.5 Å². The van der Waals surface area contributed by atoms with E-state index in [1.54, 1.807) is 36.0 Å². The van der Waals surface area contributed by atoms with E-state index < -0.39 is 5.97 Å². The highest BCUT2D eigenvalue weighted by Gasteiger charge is 2.24. The number of aromatic nitrogens is 4. The normalized spacial score (nSPS) is 14.0. The molecule has 0 radical (unpaired) electrons. The first-order chi connectivity index (χ1) is 14.6. The zero-order valence-electron chi connectivity index (χ0n) is 16.3. The van der Waals surface area contributed by atoms with Crippen LogP contribution in [0.15, 0.2) is 42.7 Å². The van der Waals surface area contributed by atoms with E-state index >= 15 is 0 Å². The predicted octanol–water partition coefficient (Wildman–Crippen LogP) is 2.70. The van der Waals surface area contributed by atoms with Crippen LogP contribution in [-0.2, 0) is 0 Å². The van der Waals surface area contributed by atoms with Crippen LogP contribution in [0.3, 0.4) is 0 Å². The van der Waals surface area contributed by atoms with Gasteiger partial charge in [0.25, 0.3) is 5.91 Å². The Morgan fingerprint density at radius 1 is 1.23 bits per heavy atom. The number of hydrogen-bond acceptors (Lipinski definition) is 5. The summed E-state index contributed by atoms with van der Waals surface area (Å²) in [5.74, 6) is -0.753. The Balaban J connectivity index is 1.69. The molecule has 3 aromatic heterocycles. The number of fused-ring (bicyclic) bond motifs is 2. The number of nitrogens with zero attached hydrogens (tertiary/aromatic N) is 4. The van der Waals surface area contributed by atoms with Gasteiger partial charge < -0.3 is 15.7 Å². The van der Waals surface area contributed by atoms with Crippen molar-refractivity contribution < 1.29 is 14.7 Å². The molecule has 9 heteroatoms. The van der Waals surface area contributed by atoms with E-state index in [1.807, 2.05) is 12.1 Å². The first-order valence-electron chi connectivity index (χ1n) is 9.78. The second-order valence-corrected chi connectivity index (χ2v) is 7.38. The van der Waals surface area contributed by atoms with Crippen molar-refractivity contribution in [2.45, 2.75) is 25.3 Å². The van der Waals surface area contributed by atoms with Gasteiger partial charge in [0.2, 0.25) is 0 Å². The van der Waals surface area contributed by atoms with Crippen LogP contribution in [0.2, 0.25) is 0 Å². The molecule has 1 fully saturated rings. The zero-order valence-corrected chi connectivity index (χ0v) is 16.3. The van der Waals surface area contributed by atoms with Crippen LogP contribution in [0.1, 0.15) is 40.1 Å². The highest BCUT2D eigenvalue weighted by molar-refractivity contribution is 6.04.